The minimum absolute atomic E-state index is 0.425. The van der Waals surface area contributed by atoms with Crippen molar-refractivity contribution in [2.45, 2.75) is 6.42 Å². The second kappa shape index (κ2) is 5.95. The minimum Gasteiger partial charge on any atom is -0.496 e. The number of rotatable bonds is 5. The van der Waals surface area contributed by atoms with Crippen molar-refractivity contribution in [3.63, 3.8) is 0 Å². The van der Waals surface area contributed by atoms with Gasteiger partial charge in [-0.25, -0.2) is 5.90 Å². The molecule has 84 valence electrons. The average Bonchev–Trinajstić information content (AvgIpc) is 2.26. The molecule has 0 spiro atoms. The van der Waals surface area contributed by atoms with Crippen molar-refractivity contribution in [2.75, 3.05) is 20.8 Å². The van der Waals surface area contributed by atoms with Crippen LogP contribution < -0.4 is 15.4 Å². The zero-order valence-corrected chi connectivity index (χ0v) is 10.3. The molecule has 0 saturated carbocycles. The van der Waals surface area contributed by atoms with Crippen LogP contribution in [0.2, 0.25) is 0 Å². The fourth-order valence-electron chi connectivity index (χ4n) is 1.36. The highest BCUT2D eigenvalue weighted by molar-refractivity contribution is 9.10. The summed E-state index contributed by atoms with van der Waals surface area (Å²) in [4.78, 5) is 4.55. The molecule has 0 saturated heterocycles. The fraction of sp³-hybridized carbons (Fsp3) is 0.400. The van der Waals surface area contributed by atoms with Crippen LogP contribution in [-0.2, 0) is 11.3 Å². The normalized spacial score (nSPS) is 10.1. The molecule has 4 nitrogen and oxygen atoms in total. The summed E-state index contributed by atoms with van der Waals surface area (Å²) in [6, 6.07) is 3.77. The molecule has 0 aromatic heterocycles. The lowest BCUT2D eigenvalue weighted by atomic mass is 10.1. The van der Waals surface area contributed by atoms with Crippen LogP contribution in [-0.4, -0.2) is 20.8 Å². The second-order valence-corrected chi connectivity index (χ2v) is 3.83. The first-order valence-electron chi connectivity index (χ1n) is 4.45. The maximum atomic E-state index is 5.26. The van der Waals surface area contributed by atoms with E-state index >= 15 is 0 Å². The molecule has 15 heavy (non-hydrogen) atoms. The summed E-state index contributed by atoms with van der Waals surface area (Å²) in [5.41, 5.74) is 0.952. The molecular weight excluding hydrogens is 262 g/mol. The van der Waals surface area contributed by atoms with Crippen molar-refractivity contribution in [1.29, 1.82) is 0 Å². The van der Waals surface area contributed by atoms with Gasteiger partial charge < -0.3 is 14.3 Å². The standard InChI is InChI=1S/C10H14BrNO3/c1-13-9-5-7(11)6-10(14-2)8(9)3-4-15-12/h5-6H,3-4,12H2,1-2H3. The van der Waals surface area contributed by atoms with Gasteiger partial charge in [-0.05, 0) is 12.1 Å². The smallest absolute Gasteiger partial charge is 0.126 e. The Labute approximate surface area is 97.4 Å². The van der Waals surface area contributed by atoms with E-state index in [2.05, 4.69) is 20.8 Å². The van der Waals surface area contributed by atoms with Gasteiger partial charge in [0, 0.05) is 16.5 Å². The molecule has 0 aliphatic rings. The van der Waals surface area contributed by atoms with E-state index in [1.165, 1.54) is 0 Å². The zero-order chi connectivity index (χ0) is 11.3. The number of hydrogen-bond acceptors (Lipinski definition) is 4. The van der Waals surface area contributed by atoms with E-state index in [1.54, 1.807) is 14.2 Å². The molecule has 1 rings (SSSR count). The highest BCUT2D eigenvalue weighted by Gasteiger charge is 2.11. The Balaban J connectivity index is 3.06. The molecule has 0 bridgehead atoms. The van der Waals surface area contributed by atoms with Gasteiger partial charge in [-0.1, -0.05) is 15.9 Å². The van der Waals surface area contributed by atoms with Gasteiger partial charge in [0.1, 0.15) is 11.5 Å². The second-order valence-electron chi connectivity index (χ2n) is 2.91. The molecule has 1 aromatic rings. The van der Waals surface area contributed by atoms with Crippen molar-refractivity contribution < 1.29 is 14.3 Å². The summed E-state index contributed by atoms with van der Waals surface area (Å²) in [5, 5.41) is 0. The summed E-state index contributed by atoms with van der Waals surface area (Å²) in [7, 11) is 3.24. The molecule has 0 radical (unpaired) electrons. The molecule has 2 N–H and O–H groups in total. The highest BCUT2D eigenvalue weighted by atomic mass is 79.9. The van der Waals surface area contributed by atoms with Gasteiger partial charge in [-0.3, -0.25) is 0 Å². The SMILES string of the molecule is COc1cc(Br)cc(OC)c1CCON. The number of benzene rings is 1. The van der Waals surface area contributed by atoms with Crippen LogP contribution in [0.5, 0.6) is 11.5 Å². The first kappa shape index (κ1) is 12.3. The van der Waals surface area contributed by atoms with Crippen molar-refractivity contribution in [2.24, 2.45) is 5.90 Å². The first-order valence-corrected chi connectivity index (χ1v) is 5.24. The quantitative estimate of drug-likeness (QED) is 0.834. The van der Waals surface area contributed by atoms with E-state index in [9.17, 15) is 0 Å². The van der Waals surface area contributed by atoms with Crippen LogP contribution in [0, 0.1) is 0 Å². The third-order valence-corrected chi connectivity index (χ3v) is 2.50. The van der Waals surface area contributed by atoms with Crippen LogP contribution in [0.1, 0.15) is 5.56 Å². The van der Waals surface area contributed by atoms with Crippen molar-refractivity contribution in [3.8, 4) is 11.5 Å². The lowest BCUT2D eigenvalue weighted by Crippen LogP contribution is -2.06. The Morgan fingerprint density at radius 1 is 1.20 bits per heavy atom. The van der Waals surface area contributed by atoms with Crippen molar-refractivity contribution in [3.05, 3.63) is 22.2 Å². The van der Waals surface area contributed by atoms with Gasteiger partial charge in [0.2, 0.25) is 0 Å². The number of methoxy groups -OCH3 is 2. The Morgan fingerprint density at radius 3 is 2.13 bits per heavy atom. The zero-order valence-electron chi connectivity index (χ0n) is 8.75. The predicted molar refractivity (Wildman–Crippen MR) is 61.1 cm³/mol. The van der Waals surface area contributed by atoms with Crippen molar-refractivity contribution >= 4 is 15.9 Å². The third-order valence-electron chi connectivity index (χ3n) is 2.04. The maximum absolute atomic E-state index is 5.26. The van der Waals surface area contributed by atoms with Crippen LogP contribution in [0.3, 0.4) is 0 Å². The van der Waals surface area contributed by atoms with Crippen LogP contribution in [0.4, 0.5) is 0 Å². The topological polar surface area (TPSA) is 53.7 Å². The monoisotopic (exact) mass is 275 g/mol. The fourth-order valence-corrected chi connectivity index (χ4v) is 1.78. The highest BCUT2D eigenvalue weighted by Crippen LogP contribution is 2.33. The van der Waals surface area contributed by atoms with E-state index in [4.69, 9.17) is 15.4 Å². The van der Waals surface area contributed by atoms with Crippen LogP contribution >= 0.6 is 15.9 Å². The molecule has 5 heteroatoms. The molecule has 0 aliphatic heterocycles. The minimum atomic E-state index is 0.425. The Kier molecular flexibility index (Phi) is 4.87. The summed E-state index contributed by atoms with van der Waals surface area (Å²) < 4.78 is 11.4. The molecule has 0 heterocycles. The number of ether oxygens (including phenoxy) is 2. The van der Waals surface area contributed by atoms with E-state index in [0.717, 1.165) is 21.5 Å². The van der Waals surface area contributed by atoms with E-state index in [1.807, 2.05) is 12.1 Å². The summed E-state index contributed by atoms with van der Waals surface area (Å²) in [5.74, 6) is 6.52. The lowest BCUT2D eigenvalue weighted by Gasteiger charge is -2.13. The summed E-state index contributed by atoms with van der Waals surface area (Å²) >= 11 is 3.38. The Morgan fingerprint density at radius 2 is 1.73 bits per heavy atom. The molecule has 0 amide bonds. The number of hydrogen-bond donors (Lipinski definition) is 1. The van der Waals surface area contributed by atoms with Gasteiger partial charge in [0.25, 0.3) is 0 Å². The predicted octanol–water partition coefficient (Wildman–Crippen LogP) is 1.90. The molecule has 1 aromatic carbocycles. The molecule has 0 unspecified atom stereocenters. The van der Waals surface area contributed by atoms with Gasteiger partial charge in [-0.15, -0.1) is 0 Å². The molecule has 0 atom stereocenters. The summed E-state index contributed by atoms with van der Waals surface area (Å²) in [6.07, 6.45) is 0.649. The maximum Gasteiger partial charge on any atom is 0.126 e. The average molecular weight is 276 g/mol. The van der Waals surface area contributed by atoms with Crippen molar-refractivity contribution in [1.82, 2.24) is 0 Å². The number of nitrogens with two attached hydrogens (primary N) is 1. The molecule has 0 aliphatic carbocycles. The first-order chi connectivity index (χ1) is 7.22. The van der Waals surface area contributed by atoms with Gasteiger partial charge in [0.05, 0.1) is 20.8 Å². The summed E-state index contributed by atoms with van der Waals surface area (Å²) in [6.45, 7) is 0.425. The van der Waals surface area contributed by atoms with Crippen LogP contribution in [0.25, 0.3) is 0 Å². The van der Waals surface area contributed by atoms with Crippen LogP contribution in [0.15, 0.2) is 16.6 Å². The van der Waals surface area contributed by atoms with E-state index in [0.29, 0.717) is 13.0 Å². The van der Waals surface area contributed by atoms with E-state index < -0.39 is 0 Å². The Bertz CT molecular complexity index is 305. The van der Waals surface area contributed by atoms with Gasteiger partial charge in [0.15, 0.2) is 0 Å². The number of halogens is 1. The largest absolute Gasteiger partial charge is 0.496 e. The lowest BCUT2D eigenvalue weighted by molar-refractivity contribution is 0.140. The van der Waals surface area contributed by atoms with Gasteiger partial charge in [-0.2, -0.15) is 0 Å². The molecule has 0 fully saturated rings. The van der Waals surface area contributed by atoms with E-state index in [-0.39, 0.29) is 0 Å². The Hall–Kier alpha value is -0.780. The van der Waals surface area contributed by atoms with Gasteiger partial charge >= 0.3 is 0 Å². The third kappa shape index (κ3) is 3.09. The molecular formula is C10H14BrNO3.